The number of rotatable bonds is 5. The highest BCUT2D eigenvalue weighted by atomic mass is 32.1. The van der Waals surface area contributed by atoms with E-state index >= 15 is 0 Å². The molecule has 3 heterocycles. The van der Waals surface area contributed by atoms with E-state index in [2.05, 4.69) is 0 Å². The van der Waals surface area contributed by atoms with Crippen LogP contribution in [0.15, 0.2) is 72.1 Å². The topological polar surface area (TPSA) is 51.7 Å². The lowest BCUT2D eigenvalue weighted by molar-refractivity contribution is 0.0847. The van der Waals surface area contributed by atoms with Gasteiger partial charge in [-0.1, -0.05) is 36.5 Å². The summed E-state index contributed by atoms with van der Waals surface area (Å²) < 4.78 is 10.8. The molecule has 0 fully saturated rings. The Kier molecular flexibility index (Phi) is 5.66. The van der Waals surface area contributed by atoms with Crippen molar-refractivity contribution in [3.05, 3.63) is 88.9 Å². The number of nitrogens with zero attached hydrogens (tertiary/aromatic N) is 2. The van der Waals surface area contributed by atoms with E-state index in [1.165, 1.54) is 0 Å². The number of hydrogen-bond acceptors (Lipinski definition) is 6. The third kappa shape index (κ3) is 3.79. The van der Waals surface area contributed by atoms with Crippen molar-refractivity contribution in [2.24, 2.45) is 0 Å². The largest absolute Gasteiger partial charge is 0.497 e. The summed E-state index contributed by atoms with van der Waals surface area (Å²) >= 11 is 7.46. The highest BCUT2D eigenvalue weighted by Gasteiger charge is 2.34. The molecule has 0 spiro atoms. The second-order valence-electron chi connectivity index (χ2n) is 7.48. The lowest BCUT2D eigenvalue weighted by atomic mass is 9.97. The Morgan fingerprint density at radius 3 is 2.48 bits per heavy atom. The molecule has 0 aliphatic carbocycles. The maximum atomic E-state index is 13.4. The van der Waals surface area contributed by atoms with E-state index in [-0.39, 0.29) is 5.91 Å². The zero-order chi connectivity index (χ0) is 22.9. The van der Waals surface area contributed by atoms with Crippen molar-refractivity contribution >= 4 is 34.5 Å². The van der Waals surface area contributed by atoms with Crippen LogP contribution in [0.4, 0.5) is 0 Å². The van der Waals surface area contributed by atoms with Gasteiger partial charge in [-0.15, -0.1) is 11.3 Å². The zero-order valence-electron chi connectivity index (χ0n) is 18.1. The predicted octanol–water partition coefficient (Wildman–Crippen LogP) is 5.83. The van der Waals surface area contributed by atoms with E-state index in [9.17, 15) is 4.79 Å². The Balaban J connectivity index is 1.62. The van der Waals surface area contributed by atoms with Gasteiger partial charge in [0.1, 0.15) is 16.5 Å². The molecule has 1 aliphatic heterocycles. The van der Waals surface area contributed by atoms with E-state index in [1.54, 1.807) is 54.7 Å². The zero-order valence-corrected chi connectivity index (χ0v) is 19.7. The summed E-state index contributed by atoms with van der Waals surface area (Å²) in [6, 6.07) is 20.9. The highest BCUT2D eigenvalue weighted by Crippen LogP contribution is 2.40. The second kappa shape index (κ2) is 8.77. The minimum Gasteiger partial charge on any atom is -0.497 e. The molecule has 1 aliphatic rings. The number of amides is 1. The molecule has 33 heavy (non-hydrogen) atoms. The Labute approximate surface area is 201 Å². The summed E-state index contributed by atoms with van der Waals surface area (Å²) in [6.07, 6.45) is 0. The average Bonchev–Trinajstić information content (AvgIpc) is 3.52. The monoisotopic (exact) mass is 472 g/mol. The number of pyridine rings is 1. The predicted molar refractivity (Wildman–Crippen MR) is 134 cm³/mol. The fourth-order valence-electron chi connectivity index (χ4n) is 3.99. The maximum Gasteiger partial charge on any atom is 0.259 e. The van der Waals surface area contributed by atoms with Crippen LogP contribution in [0.5, 0.6) is 11.5 Å². The van der Waals surface area contributed by atoms with E-state index in [0.717, 1.165) is 38.7 Å². The summed E-state index contributed by atoms with van der Waals surface area (Å²) in [4.78, 5) is 21.4. The van der Waals surface area contributed by atoms with Crippen molar-refractivity contribution in [3.63, 3.8) is 0 Å². The molecule has 164 valence electrons. The number of thiocarbonyl (C=S) groups is 1. The standard InChI is InChI=1S/C26H20N2O3S2/c1-30-17-11-9-16(10-12-17)25(29)28-15-21-24(26(28)32)19(18-6-3-4-7-22(18)31-2)14-20(27-21)23-8-5-13-33-23/h3-14H,15H2,1-2H3. The first-order valence-electron chi connectivity index (χ1n) is 10.3. The van der Waals surface area contributed by atoms with E-state index in [1.807, 2.05) is 47.8 Å². The number of ether oxygens (including phenoxy) is 2. The average molecular weight is 473 g/mol. The van der Waals surface area contributed by atoms with Gasteiger partial charge >= 0.3 is 0 Å². The van der Waals surface area contributed by atoms with Crippen LogP contribution in [0.3, 0.4) is 0 Å². The van der Waals surface area contributed by atoms with E-state index in [0.29, 0.717) is 22.8 Å². The Morgan fingerprint density at radius 1 is 1.00 bits per heavy atom. The Bertz CT molecular complexity index is 1350. The van der Waals surface area contributed by atoms with Gasteiger partial charge in [0.2, 0.25) is 0 Å². The number of aromatic nitrogens is 1. The lowest BCUT2D eigenvalue weighted by Crippen LogP contribution is -2.30. The van der Waals surface area contributed by atoms with Gasteiger partial charge in [0.05, 0.1) is 37.0 Å². The molecule has 0 N–H and O–H groups in total. The molecular formula is C26H20N2O3S2. The van der Waals surface area contributed by atoms with Gasteiger partial charge in [-0.3, -0.25) is 9.69 Å². The summed E-state index contributed by atoms with van der Waals surface area (Å²) in [7, 11) is 3.25. The Hall–Kier alpha value is -3.55. The van der Waals surface area contributed by atoms with Crippen LogP contribution in [0.2, 0.25) is 0 Å². The third-order valence-corrected chi connectivity index (χ3v) is 6.93. The molecule has 4 aromatic rings. The minimum atomic E-state index is -0.163. The lowest BCUT2D eigenvalue weighted by Gasteiger charge is -2.17. The van der Waals surface area contributed by atoms with Crippen molar-refractivity contribution in [3.8, 4) is 33.2 Å². The molecule has 0 radical (unpaired) electrons. The number of methoxy groups -OCH3 is 2. The van der Waals surface area contributed by atoms with Gasteiger partial charge in [0.15, 0.2) is 0 Å². The van der Waals surface area contributed by atoms with Crippen molar-refractivity contribution < 1.29 is 14.3 Å². The molecule has 0 saturated heterocycles. The van der Waals surface area contributed by atoms with Crippen molar-refractivity contribution in [2.45, 2.75) is 6.54 Å². The highest BCUT2D eigenvalue weighted by molar-refractivity contribution is 7.80. The Morgan fingerprint density at radius 2 is 1.79 bits per heavy atom. The summed E-state index contributed by atoms with van der Waals surface area (Å²) in [6.45, 7) is 0.320. The van der Waals surface area contributed by atoms with E-state index in [4.69, 9.17) is 26.7 Å². The van der Waals surface area contributed by atoms with Crippen LogP contribution >= 0.6 is 23.6 Å². The molecular weight excluding hydrogens is 452 g/mol. The molecule has 7 heteroatoms. The normalized spacial score (nSPS) is 12.5. The van der Waals surface area contributed by atoms with Gasteiger partial charge in [0.25, 0.3) is 5.91 Å². The number of benzene rings is 2. The first kappa shape index (κ1) is 21.3. The fourth-order valence-corrected chi connectivity index (χ4v) is 5.05. The summed E-state index contributed by atoms with van der Waals surface area (Å²) in [5.41, 5.74) is 4.81. The molecule has 0 atom stereocenters. The van der Waals surface area contributed by atoms with Crippen LogP contribution < -0.4 is 9.47 Å². The molecule has 0 saturated carbocycles. The van der Waals surface area contributed by atoms with Gasteiger partial charge < -0.3 is 9.47 Å². The number of thiophene rings is 1. The van der Waals surface area contributed by atoms with Gasteiger partial charge in [-0.2, -0.15) is 0 Å². The number of hydrogen-bond donors (Lipinski definition) is 0. The third-order valence-electron chi connectivity index (χ3n) is 5.61. The molecule has 0 unspecified atom stereocenters. The van der Waals surface area contributed by atoms with E-state index < -0.39 is 0 Å². The summed E-state index contributed by atoms with van der Waals surface area (Å²) in [5, 5.41) is 2.02. The molecule has 2 aromatic carbocycles. The van der Waals surface area contributed by atoms with Crippen LogP contribution in [0.25, 0.3) is 21.7 Å². The van der Waals surface area contributed by atoms with Crippen LogP contribution in [-0.2, 0) is 6.54 Å². The molecule has 5 rings (SSSR count). The minimum absolute atomic E-state index is 0.163. The van der Waals surface area contributed by atoms with Crippen molar-refractivity contribution in [1.29, 1.82) is 0 Å². The van der Waals surface area contributed by atoms with Gasteiger partial charge in [0, 0.05) is 16.7 Å². The molecule has 1 amide bonds. The molecule has 5 nitrogen and oxygen atoms in total. The van der Waals surface area contributed by atoms with Crippen molar-refractivity contribution in [1.82, 2.24) is 9.88 Å². The fraction of sp³-hybridized carbons (Fsp3) is 0.115. The quantitative estimate of drug-likeness (QED) is 0.342. The first-order chi connectivity index (χ1) is 16.1. The van der Waals surface area contributed by atoms with Crippen LogP contribution in [0.1, 0.15) is 21.6 Å². The maximum absolute atomic E-state index is 13.4. The number of carbonyl (C=O) groups is 1. The number of para-hydroxylation sites is 1. The smallest absolute Gasteiger partial charge is 0.259 e. The summed E-state index contributed by atoms with van der Waals surface area (Å²) in [5.74, 6) is 1.27. The molecule has 2 aromatic heterocycles. The number of fused-ring (bicyclic) bond motifs is 1. The second-order valence-corrected chi connectivity index (χ2v) is 8.81. The first-order valence-corrected chi connectivity index (χ1v) is 11.6. The van der Waals surface area contributed by atoms with Crippen LogP contribution in [0, 0.1) is 0 Å². The number of carbonyl (C=O) groups excluding carboxylic acids is 1. The molecule has 0 bridgehead atoms. The van der Waals surface area contributed by atoms with Crippen molar-refractivity contribution in [2.75, 3.05) is 14.2 Å². The van der Waals surface area contributed by atoms with Gasteiger partial charge in [-0.25, -0.2) is 4.98 Å². The SMILES string of the molecule is COc1ccc(C(=O)N2Cc3nc(-c4cccs4)cc(-c4ccccc4OC)c3C2=S)cc1. The van der Waals surface area contributed by atoms with Gasteiger partial charge in [-0.05, 0) is 53.4 Å². The van der Waals surface area contributed by atoms with Crippen LogP contribution in [-0.4, -0.2) is 35.0 Å².